The van der Waals surface area contributed by atoms with Crippen LogP contribution >= 0.6 is 0 Å². The maximum atomic E-state index is 5.97. The molecule has 2 heteroatoms. The van der Waals surface area contributed by atoms with E-state index in [2.05, 4.69) is 32.8 Å². The minimum absolute atomic E-state index is 0.391. The van der Waals surface area contributed by atoms with E-state index >= 15 is 0 Å². The largest absolute Gasteiger partial charge is 0.328 e. The fourth-order valence-electron chi connectivity index (χ4n) is 1.23. The molecule has 0 aliphatic carbocycles. The predicted octanol–water partition coefficient (Wildman–Crippen LogP) is 1.70. The summed E-state index contributed by atoms with van der Waals surface area (Å²) in [5, 5.41) is 0. The Bertz CT molecular complexity index is 102. The third-order valence-corrected chi connectivity index (χ3v) is 2.35. The molecule has 2 nitrogen and oxygen atoms in total. The highest BCUT2D eigenvalue weighted by molar-refractivity contribution is 4.66. The van der Waals surface area contributed by atoms with Crippen molar-refractivity contribution >= 4 is 0 Å². The Morgan fingerprint density at radius 1 is 1.33 bits per heavy atom. The van der Waals surface area contributed by atoms with E-state index in [1.165, 1.54) is 12.8 Å². The first kappa shape index (κ1) is 11.9. The summed E-state index contributed by atoms with van der Waals surface area (Å²) in [5.41, 5.74) is 5.97. The van der Waals surface area contributed by atoms with Gasteiger partial charge in [0.05, 0.1) is 0 Å². The van der Waals surface area contributed by atoms with Gasteiger partial charge in [0.25, 0.3) is 0 Å². The summed E-state index contributed by atoms with van der Waals surface area (Å²) in [6, 6.07) is 0.391. The third kappa shape index (κ3) is 6.62. The second kappa shape index (κ2) is 6.44. The van der Waals surface area contributed by atoms with Crippen LogP contribution in [0.1, 0.15) is 33.1 Å². The average Bonchev–Trinajstić information content (AvgIpc) is 2.00. The van der Waals surface area contributed by atoms with Crippen LogP contribution in [-0.4, -0.2) is 31.6 Å². The number of hydrogen-bond donors (Lipinski definition) is 1. The monoisotopic (exact) mass is 172 g/mol. The van der Waals surface area contributed by atoms with Crippen LogP contribution in [0.15, 0.2) is 0 Å². The standard InChI is InChI=1S/C10H24N2/c1-5-9(2)8-10(11)6-7-12(3)4/h9-10H,5-8,11H2,1-4H3. The van der Waals surface area contributed by atoms with Crippen LogP contribution in [0.2, 0.25) is 0 Å². The lowest BCUT2D eigenvalue weighted by atomic mass is 9.98. The molecule has 2 N–H and O–H groups in total. The number of nitrogens with two attached hydrogens (primary N) is 1. The molecule has 0 aliphatic heterocycles. The minimum atomic E-state index is 0.391. The van der Waals surface area contributed by atoms with E-state index < -0.39 is 0 Å². The molecule has 0 bridgehead atoms. The van der Waals surface area contributed by atoms with Crippen molar-refractivity contribution in [2.75, 3.05) is 20.6 Å². The van der Waals surface area contributed by atoms with Gasteiger partial charge in [0.15, 0.2) is 0 Å². The second-order valence-corrected chi connectivity index (χ2v) is 4.10. The van der Waals surface area contributed by atoms with Gasteiger partial charge in [0, 0.05) is 6.04 Å². The van der Waals surface area contributed by atoms with E-state index in [9.17, 15) is 0 Å². The zero-order chi connectivity index (χ0) is 9.56. The van der Waals surface area contributed by atoms with Crippen LogP contribution in [0.3, 0.4) is 0 Å². The fourth-order valence-corrected chi connectivity index (χ4v) is 1.23. The molecular weight excluding hydrogens is 148 g/mol. The van der Waals surface area contributed by atoms with Crippen LogP contribution in [0, 0.1) is 5.92 Å². The van der Waals surface area contributed by atoms with Crippen LogP contribution < -0.4 is 5.73 Å². The van der Waals surface area contributed by atoms with Crippen molar-refractivity contribution in [2.45, 2.75) is 39.2 Å². The van der Waals surface area contributed by atoms with E-state index in [1.54, 1.807) is 0 Å². The van der Waals surface area contributed by atoms with Crippen molar-refractivity contribution in [1.82, 2.24) is 4.90 Å². The van der Waals surface area contributed by atoms with Gasteiger partial charge >= 0.3 is 0 Å². The molecule has 0 aromatic rings. The van der Waals surface area contributed by atoms with Crippen molar-refractivity contribution in [1.29, 1.82) is 0 Å². The highest BCUT2D eigenvalue weighted by Crippen LogP contribution is 2.10. The molecule has 0 saturated carbocycles. The highest BCUT2D eigenvalue weighted by atomic mass is 15.0. The highest BCUT2D eigenvalue weighted by Gasteiger charge is 2.07. The molecule has 0 aromatic heterocycles. The number of nitrogens with zero attached hydrogens (tertiary/aromatic N) is 1. The summed E-state index contributed by atoms with van der Waals surface area (Å²) in [6.07, 6.45) is 3.54. The summed E-state index contributed by atoms with van der Waals surface area (Å²) in [6.45, 7) is 5.61. The van der Waals surface area contributed by atoms with Crippen LogP contribution in [0.4, 0.5) is 0 Å². The third-order valence-electron chi connectivity index (χ3n) is 2.35. The zero-order valence-corrected chi connectivity index (χ0v) is 9.01. The van der Waals surface area contributed by atoms with Crippen molar-refractivity contribution in [2.24, 2.45) is 11.7 Å². The lowest BCUT2D eigenvalue weighted by Crippen LogP contribution is -2.27. The smallest absolute Gasteiger partial charge is 0.00535 e. The molecule has 0 heterocycles. The quantitative estimate of drug-likeness (QED) is 0.661. The first-order valence-corrected chi connectivity index (χ1v) is 4.96. The van der Waals surface area contributed by atoms with Gasteiger partial charge in [-0.25, -0.2) is 0 Å². The molecule has 74 valence electrons. The van der Waals surface area contributed by atoms with E-state index in [0.717, 1.165) is 18.9 Å². The zero-order valence-electron chi connectivity index (χ0n) is 9.01. The van der Waals surface area contributed by atoms with Gasteiger partial charge in [0.2, 0.25) is 0 Å². The van der Waals surface area contributed by atoms with E-state index in [0.29, 0.717) is 6.04 Å². The Morgan fingerprint density at radius 2 is 1.92 bits per heavy atom. The Morgan fingerprint density at radius 3 is 2.33 bits per heavy atom. The van der Waals surface area contributed by atoms with Crippen molar-refractivity contribution in [3.63, 3.8) is 0 Å². The summed E-state index contributed by atoms with van der Waals surface area (Å²) in [7, 11) is 4.19. The molecule has 2 atom stereocenters. The number of rotatable bonds is 6. The topological polar surface area (TPSA) is 29.3 Å². The molecule has 0 spiro atoms. The molecule has 0 aliphatic rings. The summed E-state index contributed by atoms with van der Waals surface area (Å²) in [4.78, 5) is 2.19. The normalized spacial score (nSPS) is 16.5. The van der Waals surface area contributed by atoms with Crippen LogP contribution in [-0.2, 0) is 0 Å². The van der Waals surface area contributed by atoms with Crippen molar-refractivity contribution in [3.8, 4) is 0 Å². The Hall–Kier alpha value is -0.0800. The lowest BCUT2D eigenvalue weighted by Gasteiger charge is -2.17. The maximum absolute atomic E-state index is 5.97. The second-order valence-electron chi connectivity index (χ2n) is 4.10. The molecule has 0 rings (SSSR count). The fraction of sp³-hybridized carbons (Fsp3) is 1.00. The average molecular weight is 172 g/mol. The van der Waals surface area contributed by atoms with Gasteiger partial charge in [-0.05, 0) is 39.4 Å². The Labute approximate surface area is 77.1 Å². The maximum Gasteiger partial charge on any atom is 0.00535 e. The van der Waals surface area contributed by atoms with E-state index in [1.807, 2.05) is 0 Å². The van der Waals surface area contributed by atoms with Gasteiger partial charge in [-0.15, -0.1) is 0 Å². The van der Waals surface area contributed by atoms with Gasteiger partial charge in [-0.2, -0.15) is 0 Å². The molecule has 2 unspecified atom stereocenters. The first-order valence-electron chi connectivity index (χ1n) is 4.96. The Balaban J connectivity index is 3.39. The Kier molecular flexibility index (Phi) is 6.39. The SMILES string of the molecule is CCC(C)CC(N)CCN(C)C. The minimum Gasteiger partial charge on any atom is -0.328 e. The van der Waals surface area contributed by atoms with E-state index in [-0.39, 0.29) is 0 Å². The molecule has 0 radical (unpaired) electrons. The van der Waals surface area contributed by atoms with Crippen LogP contribution in [0.5, 0.6) is 0 Å². The molecule has 0 fully saturated rings. The summed E-state index contributed by atoms with van der Waals surface area (Å²) < 4.78 is 0. The molecule has 12 heavy (non-hydrogen) atoms. The lowest BCUT2D eigenvalue weighted by molar-refractivity contribution is 0.354. The number of hydrogen-bond acceptors (Lipinski definition) is 2. The molecular formula is C10H24N2. The summed E-state index contributed by atoms with van der Waals surface area (Å²) in [5.74, 6) is 0.780. The molecule has 0 saturated heterocycles. The van der Waals surface area contributed by atoms with Gasteiger partial charge in [-0.1, -0.05) is 20.3 Å². The molecule has 0 aromatic carbocycles. The summed E-state index contributed by atoms with van der Waals surface area (Å²) >= 11 is 0. The van der Waals surface area contributed by atoms with Crippen molar-refractivity contribution in [3.05, 3.63) is 0 Å². The predicted molar refractivity (Wildman–Crippen MR) is 55.2 cm³/mol. The van der Waals surface area contributed by atoms with E-state index in [4.69, 9.17) is 5.73 Å². The van der Waals surface area contributed by atoms with Gasteiger partial charge < -0.3 is 10.6 Å². The van der Waals surface area contributed by atoms with Crippen LogP contribution in [0.25, 0.3) is 0 Å². The van der Waals surface area contributed by atoms with Gasteiger partial charge in [0.1, 0.15) is 0 Å². The van der Waals surface area contributed by atoms with Crippen molar-refractivity contribution < 1.29 is 0 Å². The first-order chi connectivity index (χ1) is 5.56. The molecule has 0 amide bonds. The van der Waals surface area contributed by atoms with Gasteiger partial charge in [-0.3, -0.25) is 0 Å².